The van der Waals surface area contributed by atoms with Gasteiger partial charge in [-0.15, -0.1) is 0 Å². The molecule has 0 aliphatic heterocycles. The number of carbonyl (C=O) groups is 1. The van der Waals surface area contributed by atoms with Gasteiger partial charge < -0.3 is 15.6 Å². The van der Waals surface area contributed by atoms with Crippen molar-refractivity contribution >= 4 is 11.8 Å². The lowest BCUT2D eigenvalue weighted by Gasteiger charge is -2.09. The van der Waals surface area contributed by atoms with Gasteiger partial charge in [0.2, 0.25) is 5.88 Å². The summed E-state index contributed by atoms with van der Waals surface area (Å²) in [5.74, 6) is -3.89. The van der Waals surface area contributed by atoms with Gasteiger partial charge in [-0.1, -0.05) is 0 Å². The highest BCUT2D eigenvalue weighted by molar-refractivity contribution is 5.91. The molecule has 0 spiro atoms. The molecule has 10 heteroatoms. The van der Waals surface area contributed by atoms with Crippen LogP contribution in [-0.4, -0.2) is 37.6 Å². The van der Waals surface area contributed by atoms with E-state index < -0.39 is 34.8 Å². The number of hydrogen-bond donors (Lipinski definition) is 2. The number of pyridine rings is 2. The Hall–Kier alpha value is -3.69. The van der Waals surface area contributed by atoms with Crippen LogP contribution in [-0.2, 0) is 0 Å². The summed E-state index contributed by atoms with van der Waals surface area (Å²) < 4.78 is 33.4. The number of nitrogens with two attached hydrogens (primary N) is 1. The van der Waals surface area contributed by atoms with Crippen molar-refractivity contribution in [3.8, 4) is 28.5 Å². The topological polar surface area (TPSA) is 124 Å². The normalized spacial score (nSPS) is 10.6. The van der Waals surface area contributed by atoms with E-state index in [1.54, 1.807) is 19.1 Å². The van der Waals surface area contributed by atoms with Crippen molar-refractivity contribution in [2.24, 2.45) is 0 Å². The average Bonchev–Trinajstić information content (AvgIpc) is 2.65. The second-order valence-electron chi connectivity index (χ2n) is 5.27. The van der Waals surface area contributed by atoms with E-state index in [9.17, 15) is 18.7 Å². The first-order valence-electron chi connectivity index (χ1n) is 7.72. The van der Waals surface area contributed by atoms with Crippen LogP contribution in [0.2, 0.25) is 0 Å². The van der Waals surface area contributed by atoms with Gasteiger partial charge in [-0.2, -0.15) is 4.39 Å². The number of rotatable bonds is 5. The molecule has 0 amide bonds. The number of anilines is 1. The lowest BCUT2D eigenvalue weighted by molar-refractivity contribution is 0.0692. The quantitative estimate of drug-likeness (QED) is 0.699. The van der Waals surface area contributed by atoms with Crippen molar-refractivity contribution in [3.05, 3.63) is 47.9 Å². The highest BCUT2D eigenvalue weighted by atomic mass is 19.1. The van der Waals surface area contributed by atoms with E-state index in [1.807, 2.05) is 0 Å². The second-order valence-corrected chi connectivity index (χ2v) is 5.27. The van der Waals surface area contributed by atoms with Gasteiger partial charge in [0, 0.05) is 17.8 Å². The molecule has 3 heterocycles. The number of nitrogens with zero attached hydrogens (tertiary/aromatic N) is 4. The van der Waals surface area contributed by atoms with E-state index >= 15 is 0 Å². The maximum atomic E-state index is 14.6. The predicted molar refractivity (Wildman–Crippen MR) is 91.0 cm³/mol. The van der Waals surface area contributed by atoms with Crippen molar-refractivity contribution in [3.63, 3.8) is 0 Å². The lowest BCUT2D eigenvalue weighted by Crippen LogP contribution is -2.07. The molecule has 3 rings (SSSR count). The standard InChI is InChI=1S/C17H13F2N5O3/c1-2-27-12-4-3-8(6-21-12)10-5-9(17(25)26)13(18)14(23-10)11-7-22-16(20)15(19)24-11/h3-7H,2H2,1H3,(H2,20,22)(H,25,26). The summed E-state index contributed by atoms with van der Waals surface area (Å²) in [6.45, 7) is 2.23. The molecule has 0 aromatic carbocycles. The highest BCUT2D eigenvalue weighted by Gasteiger charge is 2.21. The number of aromatic nitrogens is 4. The third kappa shape index (κ3) is 3.64. The SMILES string of the molecule is CCOc1ccc(-c2cc(C(=O)O)c(F)c(-c3cnc(N)c(F)n3)n2)cn1. The fraction of sp³-hybridized carbons (Fsp3) is 0.118. The number of halogens is 2. The van der Waals surface area contributed by atoms with Crippen LogP contribution < -0.4 is 10.5 Å². The lowest BCUT2D eigenvalue weighted by atomic mass is 10.1. The van der Waals surface area contributed by atoms with Gasteiger partial charge >= 0.3 is 5.97 Å². The van der Waals surface area contributed by atoms with Crippen molar-refractivity contribution in [1.82, 2.24) is 19.9 Å². The van der Waals surface area contributed by atoms with E-state index in [1.165, 1.54) is 6.20 Å². The third-order valence-electron chi connectivity index (χ3n) is 3.51. The first kappa shape index (κ1) is 18.1. The minimum absolute atomic E-state index is 0.110. The highest BCUT2D eigenvalue weighted by Crippen LogP contribution is 2.28. The molecule has 0 fully saturated rings. The van der Waals surface area contributed by atoms with Crippen LogP contribution in [0.3, 0.4) is 0 Å². The monoisotopic (exact) mass is 373 g/mol. The van der Waals surface area contributed by atoms with Crippen LogP contribution in [0.15, 0.2) is 30.6 Å². The maximum Gasteiger partial charge on any atom is 0.338 e. The van der Waals surface area contributed by atoms with Gasteiger partial charge in [-0.3, -0.25) is 0 Å². The molecule has 0 saturated carbocycles. The Kier molecular flexibility index (Phi) is 4.88. The van der Waals surface area contributed by atoms with Crippen molar-refractivity contribution < 1.29 is 23.4 Å². The van der Waals surface area contributed by atoms with E-state index in [0.717, 1.165) is 12.3 Å². The fourth-order valence-corrected chi connectivity index (χ4v) is 2.26. The van der Waals surface area contributed by atoms with Crippen LogP contribution in [0, 0.1) is 11.8 Å². The molecule has 3 aromatic heterocycles. The zero-order valence-corrected chi connectivity index (χ0v) is 14.0. The van der Waals surface area contributed by atoms with Crippen LogP contribution in [0.5, 0.6) is 5.88 Å². The molecule has 27 heavy (non-hydrogen) atoms. The molecule has 0 bridgehead atoms. The van der Waals surface area contributed by atoms with Gasteiger partial charge in [-0.05, 0) is 19.1 Å². The summed E-state index contributed by atoms with van der Waals surface area (Å²) in [5, 5.41) is 9.29. The molecule has 138 valence electrons. The first-order chi connectivity index (χ1) is 12.9. The molecule has 0 atom stereocenters. The summed E-state index contributed by atoms with van der Waals surface area (Å²) >= 11 is 0. The summed E-state index contributed by atoms with van der Waals surface area (Å²) in [6, 6.07) is 4.20. The molecule has 3 N–H and O–H groups in total. The summed E-state index contributed by atoms with van der Waals surface area (Å²) in [6.07, 6.45) is 2.41. The van der Waals surface area contributed by atoms with Crippen LogP contribution >= 0.6 is 0 Å². The molecule has 0 unspecified atom stereocenters. The average molecular weight is 373 g/mol. The van der Waals surface area contributed by atoms with Crippen molar-refractivity contribution in [2.45, 2.75) is 6.92 Å². The zero-order valence-electron chi connectivity index (χ0n) is 14.0. The van der Waals surface area contributed by atoms with E-state index in [4.69, 9.17) is 10.5 Å². The number of nitrogen functional groups attached to an aromatic ring is 1. The zero-order chi connectivity index (χ0) is 19.6. The number of aromatic carboxylic acids is 1. The minimum atomic E-state index is -1.51. The molecule has 0 saturated heterocycles. The Bertz CT molecular complexity index is 1010. The van der Waals surface area contributed by atoms with Gasteiger partial charge in [0.25, 0.3) is 5.95 Å². The molecular formula is C17H13F2N5O3. The number of carboxylic acids is 1. The van der Waals surface area contributed by atoms with Crippen molar-refractivity contribution in [2.75, 3.05) is 12.3 Å². The maximum absolute atomic E-state index is 14.6. The first-order valence-corrected chi connectivity index (χ1v) is 7.72. The van der Waals surface area contributed by atoms with Gasteiger partial charge in [0.1, 0.15) is 11.4 Å². The Balaban J connectivity index is 2.16. The van der Waals surface area contributed by atoms with Crippen molar-refractivity contribution in [1.29, 1.82) is 0 Å². The Morgan fingerprint density at radius 1 is 1.19 bits per heavy atom. The van der Waals surface area contributed by atoms with Crippen LogP contribution in [0.1, 0.15) is 17.3 Å². The van der Waals surface area contributed by atoms with Crippen LogP contribution in [0.4, 0.5) is 14.6 Å². The Morgan fingerprint density at radius 2 is 1.96 bits per heavy atom. The van der Waals surface area contributed by atoms with E-state index in [0.29, 0.717) is 18.1 Å². The summed E-state index contributed by atoms with van der Waals surface area (Å²) in [7, 11) is 0. The number of carboxylic acid groups (broad SMARTS) is 1. The Labute approximate surface area is 151 Å². The number of ether oxygens (including phenoxy) is 1. The predicted octanol–water partition coefficient (Wildman–Crippen LogP) is 2.56. The van der Waals surface area contributed by atoms with Gasteiger partial charge in [0.05, 0.1) is 24.1 Å². The molecule has 0 aliphatic rings. The molecule has 0 radical (unpaired) electrons. The van der Waals surface area contributed by atoms with Gasteiger partial charge in [0.15, 0.2) is 11.6 Å². The fourth-order valence-electron chi connectivity index (χ4n) is 2.26. The summed E-state index contributed by atoms with van der Waals surface area (Å²) in [4.78, 5) is 26.6. The van der Waals surface area contributed by atoms with E-state index in [-0.39, 0.29) is 11.4 Å². The van der Waals surface area contributed by atoms with Gasteiger partial charge in [-0.25, -0.2) is 29.1 Å². The van der Waals surface area contributed by atoms with E-state index in [2.05, 4.69) is 19.9 Å². The largest absolute Gasteiger partial charge is 0.478 e. The Morgan fingerprint density at radius 3 is 2.56 bits per heavy atom. The number of hydrogen-bond acceptors (Lipinski definition) is 7. The minimum Gasteiger partial charge on any atom is -0.478 e. The smallest absolute Gasteiger partial charge is 0.338 e. The second kappa shape index (κ2) is 7.28. The molecular weight excluding hydrogens is 360 g/mol. The summed E-state index contributed by atoms with van der Waals surface area (Å²) in [5.41, 5.74) is 4.38. The van der Waals surface area contributed by atoms with Crippen LogP contribution in [0.25, 0.3) is 22.6 Å². The third-order valence-corrected chi connectivity index (χ3v) is 3.51. The molecule has 8 nitrogen and oxygen atoms in total. The molecule has 3 aromatic rings. The molecule has 0 aliphatic carbocycles.